The van der Waals surface area contributed by atoms with Crippen LogP contribution in [0.25, 0.3) is 6.08 Å². The van der Waals surface area contributed by atoms with Crippen molar-refractivity contribution in [3.8, 4) is 0 Å². The average Bonchev–Trinajstić information content (AvgIpc) is 2.61. The van der Waals surface area contributed by atoms with Gasteiger partial charge in [0.15, 0.2) is 5.78 Å². The Morgan fingerprint density at radius 1 is 1.21 bits per heavy atom. The van der Waals surface area contributed by atoms with E-state index in [1.807, 2.05) is 30.3 Å². The molecule has 0 amide bonds. The zero-order chi connectivity index (χ0) is 17.7. The number of ether oxygens (including phenoxy) is 3. The van der Waals surface area contributed by atoms with Crippen LogP contribution in [0.5, 0.6) is 0 Å². The molecule has 1 aliphatic rings. The molecule has 6 heteroatoms. The molecular weight excluding hydrogens is 376 g/mol. The van der Waals surface area contributed by atoms with Crippen LogP contribution in [0.3, 0.4) is 0 Å². The predicted octanol–water partition coefficient (Wildman–Crippen LogP) is 3.02. The highest BCUT2D eigenvalue weighted by atomic mass is 79.9. The normalized spacial score (nSPS) is 24.0. The first-order valence-corrected chi connectivity index (χ1v) is 8.01. The molecule has 0 aliphatic heterocycles. The topological polar surface area (TPSA) is 65.0 Å². The van der Waals surface area contributed by atoms with Crippen LogP contribution in [0.15, 0.2) is 58.5 Å². The van der Waals surface area contributed by atoms with Crippen molar-refractivity contribution >= 4 is 27.8 Å². The highest BCUT2D eigenvalue weighted by Crippen LogP contribution is 2.41. The van der Waals surface area contributed by atoms with E-state index in [2.05, 4.69) is 15.9 Å². The minimum absolute atomic E-state index is 0.237. The van der Waals surface area contributed by atoms with Gasteiger partial charge < -0.3 is 19.3 Å². The Morgan fingerprint density at radius 3 is 2.42 bits per heavy atom. The standard InChI is InChI=1S/C18H19BrO5/c1-22-14-11-18(21,24-3)15(17(23-2)16(14)19)13(20)10-9-12-7-5-4-6-8-12/h4-11,15,21H,1-3H3/b10-9+. The molecule has 1 N–H and O–H groups in total. The molecule has 2 atom stereocenters. The Bertz CT molecular complexity index is 693. The van der Waals surface area contributed by atoms with Gasteiger partial charge in [-0.3, -0.25) is 4.79 Å². The minimum atomic E-state index is -1.87. The molecule has 5 nitrogen and oxygen atoms in total. The van der Waals surface area contributed by atoms with E-state index in [1.165, 1.54) is 33.5 Å². The van der Waals surface area contributed by atoms with Gasteiger partial charge in [-0.15, -0.1) is 0 Å². The fraction of sp³-hybridized carbons (Fsp3) is 0.278. The van der Waals surface area contributed by atoms with Gasteiger partial charge in [-0.2, -0.15) is 0 Å². The maximum Gasteiger partial charge on any atom is 0.206 e. The molecule has 0 saturated carbocycles. The number of methoxy groups -OCH3 is 3. The van der Waals surface area contributed by atoms with E-state index in [9.17, 15) is 9.90 Å². The van der Waals surface area contributed by atoms with Crippen LogP contribution in [-0.2, 0) is 19.0 Å². The monoisotopic (exact) mass is 394 g/mol. The third kappa shape index (κ3) is 3.61. The zero-order valence-corrected chi connectivity index (χ0v) is 15.2. The van der Waals surface area contributed by atoms with Gasteiger partial charge in [0, 0.05) is 13.2 Å². The summed E-state index contributed by atoms with van der Waals surface area (Å²) in [6.45, 7) is 0. The smallest absolute Gasteiger partial charge is 0.206 e. The number of aliphatic hydroxyl groups is 1. The second-order valence-corrected chi connectivity index (χ2v) is 5.92. The first kappa shape index (κ1) is 18.4. The summed E-state index contributed by atoms with van der Waals surface area (Å²) < 4.78 is 16.2. The summed E-state index contributed by atoms with van der Waals surface area (Å²) in [5.74, 6) is -2.72. The van der Waals surface area contributed by atoms with Crippen molar-refractivity contribution in [1.29, 1.82) is 0 Å². The first-order chi connectivity index (χ1) is 11.5. The Balaban J connectivity index is 2.40. The molecule has 1 aromatic rings. The minimum Gasteiger partial charge on any atom is -0.499 e. The van der Waals surface area contributed by atoms with Gasteiger partial charge in [0.1, 0.15) is 17.4 Å². The van der Waals surface area contributed by atoms with Gasteiger partial charge in [0.2, 0.25) is 5.79 Å². The molecule has 0 radical (unpaired) electrons. The second-order valence-electron chi connectivity index (χ2n) is 5.13. The number of hydrogen-bond donors (Lipinski definition) is 1. The highest BCUT2D eigenvalue weighted by molar-refractivity contribution is 9.12. The SMILES string of the molecule is COC1=CC(O)(OC)C(C(=O)/C=C/c2ccccc2)C(OC)=C1Br. The maximum absolute atomic E-state index is 12.7. The van der Waals surface area contributed by atoms with Crippen LogP contribution in [0, 0.1) is 5.92 Å². The quantitative estimate of drug-likeness (QED) is 0.593. The lowest BCUT2D eigenvalue weighted by Crippen LogP contribution is -2.46. The van der Waals surface area contributed by atoms with Crippen LogP contribution in [-0.4, -0.2) is 38.0 Å². The van der Waals surface area contributed by atoms with Crippen molar-refractivity contribution in [3.63, 3.8) is 0 Å². The lowest BCUT2D eigenvalue weighted by molar-refractivity contribution is -0.186. The average molecular weight is 395 g/mol. The molecule has 0 fully saturated rings. The van der Waals surface area contributed by atoms with E-state index in [-0.39, 0.29) is 11.5 Å². The molecule has 2 rings (SSSR count). The molecule has 1 aromatic carbocycles. The number of carbonyl (C=O) groups is 1. The van der Waals surface area contributed by atoms with Gasteiger partial charge >= 0.3 is 0 Å². The number of ketones is 1. The fourth-order valence-corrected chi connectivity index (χ4v) is 3.14. The number of allylic oxidation sites excluding steroid dienone is 2. The van der Waals surface area contributed by atoms with Crippen LogP contribution in [0.2, 0.25) is 0 Å². The Morgan fingerprint density at radius 2 is 1.88 bits per heavy atom. The molecule has 0 saturated heterocycles. The third-order valence-corrected chi connectivity index (χ3v) is 4.52. The summed E-state index contributed by atoms with van der Waals surface area (Å²) in [5, 5.41) is 10.8. The van der Waals surface area contributed by atoms with Crippen molar-refractivity contribution < 1.29 is 24.1 Å². The van der Waals surface area contributed by atoms with Crippen molar-refractivity contribution in [1.82, 2.24) is 0 Å². The van der Waals surface area contributed by atoms with E-state index in [1.54, 1.807) is 6.08 Å². The van der Waals surface area contributed by atoms with Crippen molar-refractivity contribution in [3.05, 3.63) is 64.0 Å². The largest absolute Gasteiger partial charge is 0.499 e. The summed E-state index contributed by atoms with van der Waals surface area (Å²) >= 11 is 3.35. The molecule has 1 aliphatic carbocycles. The summed E-state index contributed by atoms with van der Waals surface area (Å²) in [6.07, 6.45) is 4.42. The highest BCUT2D eigenvalue weighted by Gasteiger charge is 2.48. The Labute approximate surface area is 149 Å². The second kappa shape index (κ2) is 7.79. The molecule has 2 unspecified atom stereocenters. The van der Waals surface area contributed by atoms with E-state index >= 15 is 0 Å². The number of carbonyl (C=O) groups excluding carboxylic acids is 1. The fourth-order valence-electron chi connectivity index (χ4n) is 2.48. The Kier molecular flexibility index (Phi) is 5.99. The summed E-state index contributed by atoms with van der Waals surface area (Å²) in [6, 6.07) is 9.39. The molecule has 0 spiro atoms. The van der Waals surface area contributed by atoms with Gasteiger partial charge in [0.05, 0.1) is 18.7 Å². The van der Waals surface area contributed by atoms with Gasteiger partial charge in [-0.1, -0.05) is 36.4 Å². The van der Waals surface area contributed by atoms with Crippen molar-refractivity contribution in [2.24, 2.45) is 5.92 Å². The Hall–Kier alpha value is -1.89. The lowest BCUT2D eigenvalue weighted by Gasteiger charge is -2.35. The maximum atomic E-state index is 12.7. The summed E-state index contributed by atoms with van der Waals surface area (Å²) in [7, 11) is 4.19. The number of benzene rings is 1. The summed E-state index contributed by atoms with van der Waals surface area (Å²) in [5.41, 5.74) is 0.873. The van der Waals surface area contributed by atoms with Gasteiger partial charge in [0.25, 0.3) is 0 Å². The van der Waals surface area contributed by atoms with Gasteiger partial charge in [-0.25, -0.2) is 0 Å². The van der Waals surface area contributed by atoms with E-state index in [0.29, 0.717) is 10.2 Å². The number of hydrogen-bond acceptors (Lipinski definition) is 5. The lowest BCUT2D eigenvalue weighted by atomic mass is 9.86. The van der Waals surface area contributed by atoms with Gasteiger partial charge in [-0.05, 0) is 27.6 Å². The van der Waals surface area contributed by atoms with Crippen LogP contribution >= 0.6 is 15.9 Å². The number of rotatable bonds is 6. The van der Waals surface area contributed by atoms with E-state index < -0.39 is 11.7 Å². The van der Waals surface area contributed by atoms with Crippen LogP contribution in [0.1, 0.15) is 5.56 Å². The molecular formula is C18H19BrO5. The first-order valence-electron chi connectivity index (χ1n) is 7.22. The van der Waals surface area contributed by atoms with Crippen molar-refractivity contribution in [2.75, 3.05) is 21.3 Å². The van der Waals surface area contributed by atoms with E-state index in [0.717, 1.165) is 5.56 Å². The molecule has 0 heterocycles. The molecule has 128 valence electrons. The van der Waals surface area contributed by atoms with Crippen LogP contribution in [0.4, 0.5) is 0 Å². The van der Waals surface area contributed by atoms with Crippen LogP contribution < -0.4 is 0 Å². The summed E-state index contributed by atoms with van der Waals surface area (Å²) in [4.78, 5) is 12.7. The number of halogens is 1. The van der Waals surface area contributed by atoms with E-state index in [4.69, 9.17) is 14.2 Å². The molecule has 0 bridgehead atoms. The molecule has 0 aromatic heterocycles. The molecule has 24 heavy (non-hydrogen) atoms. The third-order valence-electron chi connectivity index (χ3n) is 3.74. The predicted molar refractivity (Wildman–Crippen MR) is 94.0 cm³/mol. The van der Waals surface area contributed by atoms with Crippen molar-refractivity contribution in [2.45, 2.75) is 5.79 Å². The zero-order valence-electron chi connectivity index (χ0n) is 13.7.